The summed E-state index contributed by atoms with van der Waals surface area (Å²) in [5.74, 6) is -1.03. The van der Waals surface area contributed by atoms with Gasteiger partial charge in [0.25, 0.3) is 0 Å². The molecule has 0 saturated carbocycles. The number of pyridine rings is 1. The average Bonchev–Trinajstić information content (AvgIpc) is 2.71. The molecule has 0 spiro atoms. The number of aromatic nitrogens is 1. The molecule has 31 heavy (non-hydrogen) atoms. The summed E-state index contributed by atoms with van der Waals surface area (Å²) in [6.45, 7) is 17.3. The summed E-state index contributed by atoms with van der Waals surface area (Å²) in [5, 5.41) is 0. The normalized spacial score (nSPS) is 18.0. The van der Waals surface area contributed by atoms with E-state index in [9.17, 15) is 9.59 Å². The van der Waals surface area contributed by atoms with Gasteiger partial charge in [-0.1, -0.05) is 0 Å². The van der Waals surface area contributed by atoms with Crippen molar-refractivity contribution in [3.05, 3.63) is 18.1 Å². The van der Waals surface area contributed by atoms with E-state index >= 15 is 4.39 Å². The van der Waals surface area contributed by atoms with Gasteiger partial charge in [0.15, 0.2) is 5.82 Å². The highest BCUT2D eigenvalue weighted by Gasteiger charge is 2.52. The van der Waals surface area contributed by atoms with Crippen molar-refractivity contribution >= 4 is 30.6 Å². The summed E-state index contributed by atoms with van der Waals surface area (Å²) in [6.07, 6.45) is -0.886. The minimum absolute atomic E-state index is 0.0516. The van der Waals surface area contributed by atoms with Crippen LogP contribution in [0.4, 0.5) is 19.8 Å². The first-order valence-electron chi connectivity index (χ1n) is 10.1. The number of ether oxygens (including phenoxy) is 2. The lowest BCUT2D eigenvalue weighted by molar-refractivity contribution is 0.00578. The number of halogens is 1. The third-order valence-electron chi connectivity index (χ3n) is 4.76. The minimum Gasteiger partial charge on any atom is -0.443 e. The molecule has 1 aromatic heterocycles. The Morgan fingerprint density at radius 2 is 1.39 bits per heavy atom. The Hall–Kier alpha value is -2.20. The summed E-state index contributed by atoms with van der Waals surface area (Å²) in [5.41, 5.74) is -3.06. The molecule has 2 rings (SSSR count). The Morgan fingerprint density at radius 1 is 0.968 bits per heavy atom. The second-order valence-corrected chi connectivity index (χ2v) is 10.4. The zero-order valence-electron chi connectivity index (χ0n) is 20.0. The first-order chi connectivity index (χ1) is 13.8. The van der Waals surface area contributed by atoms with Gasteiger partial charge in [0.1, 0.15) is 17.0 Å². The molecule has 0 unspecified atom stereocenters. The second kappa shape index (κ2) is 8.05. The van der Waals surface area contributed by atoms with E-state index < -0.39 is 47.5 Å². The van der Waals surface area contributed by atoms with Gasteiger partial charge < -0.3 is 18.8 Å². The van der Waals surface area contributed by atoms with Gasteiger partial charge in [-0.15, -0.1) is 0 Å². The molecule has 0 aromatic carbocycles. The molecule has 1 aliphatic heterocycles. The molecule has 1 aliphatic rings. The van der Waals surface area contributed by atoms with Crippen LogP contribution in [0.2, 0.25) is 0 Å². The number of carbonyl (C=O) groups is 2. The van der Waals surface area contributed by atoms with Crippen molar-refractivity contribution in [2.24, 2.45) is 0 Å². The van der Waals surface area contributed by atoms with E-state index in [-0.39, 0.29) is 11.3 Å². The van der Waals surface area contributed by atoms with Crippen molar-refractivity contribution in [2.75, 3.05) is 4.90 Å². The summed E-state index contributed by atoms with van der Waals surface area (Å²) in [7, 11) is -0.983. The highest BCUT2D eigenvalue weighted by molar-refractivity contribution is 6.62. The molecule has 10 heteroatoms. The smallest absolute Gasteiger partial charge is 0.443 e. The highest BCUT2D eigenvalue weighted by Crippen LogP contribution is 2.36. The van der Waals surface area contributed by atoms with Crippen molar-refractivity contribution in [1.82, 2.24) is 4.98 Å². The maximum atomic E-state index is 15.0. The van der Waals surface area contributed by atoms with Gasteiger partial charge in [-0.3, -0.25) is 0 Å². The van der Waals surface area contributed by atoms with Crippen LogP contribution in [0.5, 0.6) is 0 Å². The molecule has 1 fully saturated rings. The molecule has 0 N–H and O–H groups in total. The molecule has 0 radical (unpaired) electrons. The van der Waals surface area contributed by atoms with Gasteiger partial charge in [-0.25, -0.2) is 19.0 Å². The number of anilines is 1. The van der Waals surface area contributed by atoms with Crippen molar-refractivity contribution < 1.29 is 32.8 Å². The predicted molar refractivity (Wildman–Crippen MR) is 115 cm³/mol. The lowest BCUT2D eigenvalue weighted by atomic mass is 9.80. The lowest BCUT2D eigenvalue weighted by Gasteiger charge is -2.32. The van der Waals surface area contributed by atoms with Crippen molar-refractivity contribution in [3.63, 3.8) is 0 Å². The number of carbonyl (C=O) groups excluding carboxylic acids is 2. The van der Waals surface area contributed by atoms with Gasteiger partial charge in [0, 0.05) is 17.7 Å². The van der Waals surface area contributed by atoms with Crippen LogP contribution < -0.4 is 10.4 Å². The van der Waals surface area contributed by atoms with Gasteiger partial charge in [-0.05, 0) is 69.2 Å². The molecule has 8 nitrogen and oxygen atoms in total. The van der Waals surface area contributed by atoms with E-state index in [1.54, 1.807) is 41.5 Å². The largest absolute Gasteiger partial charge is 0.499 e. The predicted octanol–water partition coefficient (Wildman–Crippen LogP) is 4.20. The quantitative estimate of drug-likeness (QED) is 0.640. The van der Waals surface area contributed by atoms with Crippen molar-refractivity contribution in [2.45, 2.75) is 91.6 Å². The Labute approximate surface area is 183 Å². The SMILES string of the molecule is CC(C)(C)OC(=O)N(C(=O)OC(C)(C)C)c1cc(F)c(B2OC(C)(C)C(C)(C)O2)cn1. The standard InChI is InChI=1S/C21H32BFN2O6/c1-18(2,3)28-16(26)25(17(27)29-19(4,5)6)15-11-14(23)13(12-24-15)22-30-20(7,8)21(9,10)31-22/h11-12H,1-10H3. The number of rotatable bonds is 2. The third-order valence-corrected chi connectivity index (χ3v) is 4.76. The Balaban J connectivity index is 2.40. The summed E-state index contributed by atoms with van der Waals surface area (Å²) >= 11 is 0. The molecule has 2 amide bonds. The zero-order valence-corrected chi connectivity index (χ0v) is 20.0. The molecular weight excluding hydrogens is 406 g/mol. The number of hydrogen-bond acceptors (Lipinski definition) is 7. The fourth-order valence-electron chi connectivity index (χ4n) is 2.57. The van der Waals surface area contributed by atoms with Gasteiger partial charge in [-0.2, -0.15) is 4.90 Å². The summed E-state index contributed by atoms with van der Waals surface area (Å²) in [4.78, 5) is 30.1. The number of imide groups is 1. The molecule has 1 saturated heterocycles. The van der Waals surface area contributed by atoms with Crippen LogP contribution in [0, 0.1) is 5.82 Å². The summed E-state index contributed by atoms with van der Waals surface area (Å²) in [6, 6.07) is 0.953. The van der Waals surface area contributed by atoms with Crippen LogP contribution in [0.25, 0.3) is 0 Å². The number of amides is 2. The van der Waals surface area contributed by atoms with Crippen molar-refractivity contribution in [1.29, 1.82) is 0 Å². The van der Waals surface area contributed by atoms with E-state index in [0.717, 1.165) is 6.07 Å². The first-order valence-corrected chi connectivity index (χ1v) is 10.1. The van der Waals surface area contributed by atoms with E-state index in [2.05, 4.69) is 4.98 Å². The monoisotopic (exact) mass is 438 g/mol. The number of hydrogen-bond donors (Lipinski definition) is 0. The van der Waals surface area contributed by atoms with Gasteiger partial charge in [0.05, 0.1) is 11.2 Å². The first kappa shape index (κ1) is 25.1. The Kier molecular flexibility index (Phi) is 6.51. The molecule has 0 aliphatic carbocycles. The molecule has 0 bridgehead atoms. The van der Waals surface area contributed by atoms with Gasteiger partial charge >= 0.3 is 19.3 Å². The number of nitrogens with zero attached hydrogens (tertiary/aromatic N) is 2. The average molecular weight is 438 g/mol. The fourth-order valence-corrected chi connectivity index (χ4v) is 2.57. The fraction of sp³-hybridized carbons (Fsp3) is 0.667. The maximum Gasteiger partial charge on any atom is 0.499 e. The van der Waals surface area contributed by atoms with Crippen LogP contribution in [0.3, 0.4) is 0 Å². The van der Waals surface area contributed by atoms with Crippen LogP contribution in [0.15, 0.2) is 12.3 Å². The lowest BCUT2D eigenvalue weighted by Crippen LogP contribution is -2.45. The van der Waals surface area contributed by atoms with Gasteiger partial charge in [0.2, 0.25) is 0 Å². The Morgan fingerprint density at radius 3 is 1.74 bits per heavy atom. The highest BCUT2D eigenvalue weighted by atomic mass is 19.1. The van der Waals surface area contributed by atoms with E-state index in [1.807, 2.05) is 27.7 Å². The van der Waals surface area contributed by atoms with Crippen LogP contribution in [-0.2, 0) is 18.8 Å². The topological polar surface area (TPSA) is 87.2 Å². The third kappa shape index (κ3) is 5.95. The molecule has 172 valence electrons. The molecule has 1 aromatic rings. The Bertz CT molecular complexity index is 816. The second-order valence-electron chi connectivity index (χ2n) is 10.4. The van der Waals surface area contributed by atoms with Crippen molar-refractivity contribution in [3.8, 4) is 0 Å². The van der Waals surface area contributed by atoms with E-state index in [4.69, 9.17) is 18.8 Å². The van der Waals surface area contributed by atoms with Crippen LogP contribution >= 0.6 is 0 Å². The molecular formula is C21H32BFN2O6. The maximum absolute atomic E-state index is 15.0. The summed E-state index contributed by atoms with van der Waals surface area (Å²) < 4.78 is 37.3. The van der Waals surface area contributed by atoms with E-state index in [0.29, 0.717) is 4.90 Å². The minimum atomic E-state index is -1.03. The van der Waals surface area contributed by atoms with Crippen LogP contribution in [-0.4, -0.2) is 46.7 Å². The molecule has 0 atom stereocenters. The zero-order chi connectivity index (χ0) is 24.0. The molecule has 2 heterocycles. The van der Waals surface area contributed by atoms with Crippen LogP contribution in [0.1, 0.15) is 69.2 Å². The van der Waals surface area contributed by atoms with E-state index in [1.165, 1.54) is 6.20 Å².